The Bertz CT molecular complexity index is 1290. The second-order valence-corrected chi connectivity index (χ2v) is 10.2. The maximum absolute atomic E-state index is 12.5. The molecule has 2 aromatic heterocycles. The van der Waals surface area contributed by atoms with Gasteiger partial charge in [-0.1, -0.05) is 67.5 Å². The van der Waals surface area contributed by atoms with E-state index >= 15 is 0 Å². The summed E-state index contributed by atoms with van der Waals surface area (Å²) in [5.41, 5.74) is 3.82. The van der Waals surface area contributed by atoms with E-state index in [2.05, 4.69) is 46.8 Å². The Morgan fingerprint density at radius 2 is 1.83 bits per heavy atom. The number of thioether (sulfide) groups is 1. The van der Waals surface area contributed by atoms with Crippen LogP contribution >= 0.6 is 23.4 Å². The quantitative estimate of drug-likeness (QED) is 0.159. The van der Waals surface area contributed by atoms with Crippen molar-refractivity contribution in [3.63, 3.8) is 0 Å². The number of hydrogen-bond donors (Lipinski definition) is 0. The first kappa shape index (κ1) is 25.5. The van der Waals surface area contributed by atoms with Crippen LogP contribution in [0.25, 0.3) is 22.1 Å². The lowest BCUT2D eigenvalue weighted by atomic mass is 10.2. The van der Waals surface area contributed by atoms with Crippen LogP contribution in [0, 0.1) is 0 Å². The summed E-state index contributed by atoms with van der Waals surface area (Å²) in [5.74, 6) is 1.12. The normalized spacial score (nSPS) is 11.4. The van der Waals surface area contributed by atoms with Gasteiger partial charge in [-0.3, -0.25) is 4.79 Å². The van der Waals surface area contributed by atoms with Crippen molar-refractivity contribution in [2.45, 2.75) is 57.7 Å². The lowest BCUT2D eigenvalue weighted by molar-refractivity contribution is -0.131. The first-order valence-electron chi connectivity index (χ1n) is 12.4. The van der Waals surface area contributed by atoms with Gasteiger partial charge in [-0.05, 0) is 49.4 Å². The smallest absolute Gasteiger partial charge is 0.222 e. The number of carbonyl (C=O) groups excluding carboxylic acids is 1. The second-order valence-electron chi connectivity index (χ2n) is 8.69. The summed E-state index contributed by atoms with van der Waals surface area (Å²) in [5, 5.41) is 11.4. The van der Waals surface area contributed by atoms with Crippen LogP contribution in [0.15, 0.2) is 53.7 Å². The van der Waals surface area contributed by atoms with Crippen molar-refractivity contribution < 1.29 is 4.79 Å². The summed E-state index contributed by atoms with van der Waals surface area (Å²) in [4.78, 5) is 19.3. The number of benzene rings is 2. The molecule has 0 aliphatic heterocycles. The molecule has 0 radical (unpaired) electrons. The van der Waals surface area contributed by atoms with Gasteiger partial charge in [0.2, 0.25) is 11.1 Å². The Morgan fingerprint density at radius 3 is 2.60 bits per heavy atom. The van der Waals surface area contributed by atoms with Gasteiger partial charge in [0.05, 0.1) is 5.52 Å². The molecule has 0 saturated carbocycles. The van der Waals surface area contributed by atoms with Gasteiger partial charge in [0.15, 0.2) is 5.65 Å². The van der Waals surface area contributed by atoms with E-state index in [0.717, 1.165) is 77.2 Å². The van der Waals surface area contributed by atoms with Gasteiger partial charge >= 0.3 is 0 Å². The van der Waals surface area contributed by atoms with Crippen LogP contribution < -0.4 is 0 Å². The molecular formula is C27H32ClN5OS. The van der Waals surface area contributed by atoms with Crippen molar-refractivity contribution in [3.05, 3.63) is 59.1 Å². The third-order valence-electron chi connectivity index (χ3n) is 5.94. The molecule has 0 fully saturated rings. The molecule has 0 aliphatic carbocycles. The SMILES string of the molecule is CCCN(CCC)C(=O)CCCCSc1nnc2c3ccccc3n(Cc3cccc(Cl)c3)c2n1. The molecule has 1 amide bonds. The van der Waals surface area contributed by atoms with Crippen LogP contribution in [-0.2, 0) is 11.3 Å². The lowest BCUT2D eigenvalue weighted by Gasteiger charge is -2.21. The maximum Gasteiger partial charge on any atom is 0.222 e. The summed E-state index contributed by atoms with van der Waals surface area (Å²) in [6.07, 6.45) is 4.42. The molecule has 0 atom stereocenters. The standard InChI is InChI=1S/C27H32ClN5OS/c1-3-15-32(16-4-2)24(34)14-7-8-17-35-27-29-26-25(30-31-27)22-12-5-6-13-23(22)33(26)19-20-10-9-11-21(28)18-20/h5-6,9-13,18H,3-4,7-8,14-17,19H2,1-2H3. The monoisotopic (exact) mass is 509 g/mol. The van der Waals surface area contributed by atoms with Crippen LogP contribution in [0.4, 0.5) is 0 Å². The Balaban J connectivity index is 1.44. The van der Waals surface area contributed by atoms with Crippen molar-refractivity contribution in [1.82, 2.24) is 24.6 Å². The molecule has 6 nitrogen and oxygen atoms in total. The maximum atomic E-state index is 12.5. The fourth-order valence-electron chi connectivity index (χ4n) is 4.33. The van der Waals surface area contributed by atoms with Crippen molar-refractivity contribution in [2.24, 2.45) is 0 Å². The Labute approximate surface area is 216 Å². The van der Waals surface area contributed by atoms with Crippen molar-refractivity contribution >= 4 is 51.3 Å². The number of rotatable bonds is 12. The molecule has 0 N–H and O–H groups in total. The highest BCUT2D eigenvalue weighted by atomic mass is 35.5. The number of fused-ring (bicyclic) bond motifs is 3. The van der Waals surface area contributed by atoms with Crippen molar-refractivity contribution in [2.75, 3.05) is 18.8 Å². The zero-order valence-corrected chi connectivity index (χ0v) is 22.0. The van der Waals surface area contributed by atoms with Gasteiger partial charge in [-0.25, -0.2) is 4.98 Å². The molecule has 2 aromatic carbocycles. The minimum absolute atomic E-state index is 0.267. The molecule has 0 saturated heterocycles. The second kappa shape index (κ2) is 12.4. The zero-order valence-electron chi connectivity index (χ0n) is 20.4. The van der Waals surface area contributed by atoms with Gasteiger partial charge in [0.1, 0.15) is 5.52 Å². The van der Waals surface area contributed by atoms with Gasteiger partial charge in [-0.15, -0.1) is 10.2 Å². The minimum atomic E-state index is 0.267. The molecule has 0 bridgehead atoms. The van der Waals surface area contributed by atoms with Gasteiger partial charge in [0, 0.05) is 42.2 Å². The number of hydrogen-bond acceptors (Lipinski definition) is 5. The molecule has 8 heteroatoms. The predicted molar refractivity (Wildman–Crippen MR) is 145 cm³/mol. The number of unbranched alkanes of at least 4 members (excludes halogenated alkanes) is 1. The van der Waals surface area contributed by atoms with Crippen LogP contribution in [-0.4, -0.2) is 49.4 Å². The van der Waals surface area contributed by atoms with E-state index in [9.17, 15) is 4.79 Å². The van der Waals surface area contributed by atoms with Crippen molar-refractivity contribution in [3.8, 4) is 0 Å². The average molecular weight is 510 g/mol. The first-order chi connectivity index (χ1) is 17.1. The van der Waals surface area contributed by atoms with E-state index in [4.69, 9.17) is 16.6 Å². The molecule has 2 heterocycles. The minimum Gasteiger partial charge on any atom is -0.343 e. The molecule has 0 spiro atoms. The van der Waals surface area contributed by atoms with E-state index in [1.54, 1.807) is 11.8 Å². The van der Waals surface area contributed by atoms with E-state index in [1.165, 1.54) is 0 Å². The topological polar surface area (TPSA) is 63.9 Å². The summed E-state index contributed by atoms with van der Waals surface area (Å²) in [7, 11) is 0. The molecule has 35 heavy (non-hydrogen) atoms. The molecular weight excluding hydrogens is 478 g/mol. The molecule has 4 rings (SSSR count). The summed E-state index contributed by atoms with van der Waals surface area (Å²) in [6, 6.07) is 16.1. The van der Waals surface area contributed by atoms with Crippen LogP contribution in [0.1, 0.15) is 51.5 Å². The third kappa shape index (κ3) is 6.33. The zero-order chi connectivity index (χ0) is 24.6. The van der Waals surface area contributed by atoms with Crippen LogP contribution in [0.2, 0.25) is 5.02 Å². The summed E-state index contributed by atoms with van der Waals surface area (Å²) in [6.45, 7) is 6.59. The first-order valence-corrected chi connectivity index (χ1v) is 13.7. The number of aromatic nitrogens is 4. The van der Waals surface area contributed by atoms with E-state index in [0.29, 0.717) is 18.1 Å². The Hall–Kier alpha value is -2.64. The highest BCUT2D eigenvalue weighted by Crippen LogP contribution is 2.28. The number of para-hydroxylation sites is 1. The highest BCUT2D eigenvalue weighted by Gasteiger charge is 2.16. The van der Waals surface area contributed by atoms with E-state index in [1.807, 2.05) is 35.2 Å². The highest BCUT2D eigenvalue weighted by molar-refractivity contribution is 7.99. The van der Waals surface area contributed by atoms with Gasteiger partial charge < -0.3 is 9.47 Å². The Kier molecular flexibility index (Phi) is 8.99. The number of halogens is 1. The van der Waals surface area contributed by atoms with Gasteiger partial charge in [-0.2, -0.15) is 0 Å². The fourth-order valence-corrected chi connectivity index (χ4v) is 5.32. The largest absolute Gasteiger partial charge is 0.343 e. The summed E-state index contributed by atoms with van der Waals surface area (Å²) < 4.78 is 2.18. The van der Waals surface area contributed by atoms with Crippen LogP contribution in [0.5, 0.6) is 0 Å². The lowest BCUT2D eigenvalue weighted by Crippen LogP contribution is -2.32. The van der Waals surface area contributed by atoms with Crippen LogP contribution in [0.3, 0.4) is 0 Å². The molecule has 0 aliphatic rings. The third-order valence-corrected chi connectivity index (χ3v) is 7.10. The van der Waals surface area contributed by atoms with Crippen molar-refractivity contribution in [1.29, 1.82) is 0 Å². The molecule has 4 aromatic rings. The summed E-state index contributed by atoms with van der Waals surface area (Å²) >= 11 is 7.82. The number of nitrogens with zero attached hydrogens (tertiary/aromatic N) is 5. The predicted octanol–water partition coefficient (Wildman–Crippen LogP) is 6.59. The average Bonchev–Trinajstić information content (AvgIpc) is 3.16. The Morgan fingerprint density at radius 1 is 1.03 bits per heavy atom. The van der Waals surface area contributed by atoms with Gasteiger partial charge in [0.25, 0.3) is 0 Å². The molecule has 0 unspecified atom stereocenters. The van der Waals surface area contributed by atoms with E-state index < -0.39 is 0 Å². The fraction of sp³-hybridized carbons (Fsp3) is 0.407. The van der Waals surface area contributed by atoms with E-state index in [-0.39, 0.29) is 5.91 Å². The number of carbonyl (C=O) groups is 1. The molecule has 184 valence electrons. The number of amides is 1.